The molecule has 1 aliphatic rings. The smallest absolute Gasteiger partial charge is 0.244 e. The van der Waals surface area contributed by atoms with Gasteiger partial charge in [0.15, 0.2) is 0 Å². The van der Waals surface area contributed by atoms with Crippen molar-refractivity contribution in [1.82, 2.24) is 20.0 Å². The predicted molar refractivity (Wildman–Crippen MR) is 85.6 cm³/mol. The van der Waals surface area contributed by atoms with Gasteiger partial charge in [-0.2, -0.15) is 5.10 Å². The minimum absolute atomic E-state index is 0.0903. The number of halogens is 1. The number of benzene rings is 1. The van der Waals surface area contributed by atoms with Gasteiger partial charge in [-0.15, -0.1) is 0 Å². The molecule has 116 valence electrons. The van der Waals surface area contributed by atoms with Crippen LogP contribution in [0.3, 0.4) is 0 Å². The van der Waals surface area contributed by atoms with Crippen LogP contribution in [0.25, 0.3) is 0 Å². The van der Waals surface area contributed by atoms with Crippen LogP contribution in [0.1, 0.15) is 22.9 Å². The SMILES string of the molecule is CN(C)C(C(=O)N1CCc2cn[nH]c2C1)c1cccc(Cl)c1. The first-order chi connectivity index (χ1) is 10.6. The van der Waals surface area contributed by atoms with E-state index in [0.29, 0.717) is 11.6 Å². The normalized spacial score (nSPS) is 15.7. The highest BCUT2D eigenvalue weighted by Gasteiger charge is 2.30. The number of H-pyrrole nitrogens is 1. The van der Waals surface area contributed by atoms with Crippen LogP contribution in [0.4, 0.5) is 0 Å². The summed E-state index contributed by atoms with van der Waals surface area (Å²) in [5.41, 5.74) is 3.15. The summed E-state index contributed by atoms with van der Waals surface area (Å²) in [6.45, 7) is 1.30. The number of aromatic amines is 1. The Morgan fingerprint density at radius 3 is 3.00 bits per heavy atom. The lowest BCUT2D eigenvalue weighted by atomic mass is 10.0. The first kappa shape index (κ1) is 15.1. The fourth-order valence-electron chi connectivity index (χ4n) is 2.91. The second-order valence-corrected chi connectivity index (χ2v) is 6.24. The minimum Gasteiger partial charge on any atom is -0.335 e. The number of amides is 1. The monoisotopic (exact) mass is 318 g/mol. The molecular formula is C16H19ClN4O. The van der Waals surface area contributed by atoms with Crippen molar-refractivity contribution in [2.24, 2.45) is 0 Å². The topological polar surface area (TPSA) is 52.2 Å². The fourth-order valence-corrected chi connectivity index (χ4v) is 3.11. The van der Waals surface area contributed by atoms with Crippen molar-refractivity contribution in [2.75, 3.05) is 20.6 Å². The molecule has 22 heavy (non-hydrogen) atoms. The van der Waals surface area contributed by atoms with E-state index in [1.807, 2.05) is 54.4 Å². The Labute approximate surface area is 134 Å². The van der Waals surface area contributed by atoms with Crippen molar-refractivity contribution in [3.05, 3.63) is 52.3 Å². The molecule has 1 unspecified atom stereocenters. The van der Waals surface area contributed by atoms with Gasteiger partial charge in [-0.05, 0) is 43.8 Å². The van der Waals surface area contributed by atoms with Crippen LogP contribution < -0.4 is 0 Å². The Hall–Kier alpha value is -1.85. The summed E-state index contributed by atoms with van der Waals surface area (Å²) in [6.07, 6.45) is 2.69. The second kappa shape index (κ2) is 6.10. The number of nitrogens with zero attached hydrogens (tertiary/aromatic N) is 3. The van der Waals surface area contributed by atoms with Crippen molar-refractivity contribution in [2.45, 2.75) is 19.0 Å². The van der Waals surface area contributed by atoms with E-state index in [0.717, 1.165) is 24.2 Å². The lowest BCUT2D eigenvalue weighted by molar-refractivity contribution is -0.137. The van der Waals surface area contributed by atoms with E-state index in [1.165, 1.54) is 5.56 Å². The van der Waals surface area contributed by atoms with Gasteiger partial charge in [-0.3, -0.25) is 14.8 Å². The Balaban J connectivity index is 1.85. The molecule has 1 aromatic heterocycles. The molecule has 0 radical (unpaired) electrons. The Morgan fingerprint density at radius 2 is 2.27 bits per heavy atom. The summed E-state index contributed by atoms with van der Waals surface area (Å²) >= 11 is 6.08. The third-order valence-corrected chi connectivity index (χ3v) is 4.27. The van der Waals surface area contributed by atoms with Crippen molar-refractivity contribution in [3.8, 4) is 0 Å². The first-order valence-electron chi connectivity index (χ1n) is 7.28. The summed E-state index contributed by atoms with van der Waals surface area (Å²) in [6, 6.07) is 7.17. The maximum Gasteiger partial charge on any atom is 0.244 e. The van der Waals surface area contributed by atoms with E-state index in [1.54, 1.807) is 0 Å². The average molecular weight is 319 g/mol. The van der Waals surface area contributed by atoms with Gasteiger partial charge in [0.05, 0.1) is 18.4 Å². The highest BCUT2D eigenvalue weighted by Crippen LogP contribution is 2.26. The summed E-state index contributed by atoms with van der Waals surface area (Å²) in [4.78, 5) is 16.8. The van der Waals surface area contributed by atoms with Crippen LogP contribution in [-0.4, -0.2) is 46.5 Å². The largest absolute Gasteiger partial charge is 0.335 e. The summed E-state index contributed by atoms with van der Waals surface area (Å²) in [5, 5.41) is 7.68. The van der Waals surface area contributed by atoms with Gasteiger partial charge in [0.1, 0.15) is 6.04 Å². The van der Waals surface area contributed by atoms with Crippen molar-refractivity contribution in [1.29, 1.82) is 0 Å². The van der Waals surface area contributed by atoms with Crippen LogP contribution >= 0.6 is 11.6 Å². The van der Waals surface area contributed by atoms with Crippen molar-refractivity contribution >= 4 is 17.5 Å². The standard InChI is InChI=1S/C16H19ClN4O/c1-20(2)15(11-4-3-5-13(17)8-11)16(22)21-7-6-12-9-18-19-14(12)10-21/h3-5,8-9,15H,6-7,10H2,1-2H3,(H,18,19). The average Bonchev–Trinajstić information content (AvgIpc) is 2.94. The number of fused-ring (bicyclic) bond motifs is 1. The molecule has 2 aromatic rings. The Bertz CT molecular complexity index is 682. The molecule has 1 aromatic carbocycles. The van der Waals surface area contributed by atoms with Crippen LogP contribution in [0.15, 0.2) is 30.5 Å². The maximum absolute atomic E-state index is 13.0. The zero-order chi connectivity index (χ0) is 15.7. The van der Waals surface area contributed by atoms with Crippen LogP contribution in [-0.2, 0) is 17.8 Å². The third kappa shape index (κ3) is 2.87. The maximum atomic E-state index is 13.0. The molecule has 1 atom stereocenters. The van der Waals surface area contributed by atoms with Gasteiger partial charge in [0.2, 0.25) is 5.91 Å². The summed E-state index contributed by atoms with van der Waals surface area (Å²) in [7, 11) is 3.82. The Kier molecular flexibility index (Phi) is 4.18. The molecule has 0 saturated carbocycles. The van der Waals surface area contributed by atoms with Crippen LogP contribution in [0.5, 0.6) is 0 Å². The first-order valence-corrected chi connectivity index (χ1v) is 7.66. The van der Waals surface area contributed by atoms with E-state index in [4.69, 9.17) is 11.6 Å². The number of carbonyl (C=O) groups excluding carboxylic acids is 1. The van der Waals surface area contributed by atoms with Gasteiger partial charge in [-0.25, -0.2) is 0 Å². The molecule has 0 fully saturated rings. The van der Waals surface area contributed by atoms with Crippen LogP contribution in [0.2, 0.25) is 5.02 Å². The minimum atomic E-state index is -0.330. The zero-order valence-electron chi connectivity index (χ0n) is 12.7. The molecule has 2 heterocycles. The lowest BCUT2D eigenvalue weighted by Crippen LogP contribution is -2.43. The lowest BCUT2D eigenvalue weighted by Gasteiger charge is -2.33. The highest BCUT2D eigenvalue weighted by atomic mass is 35.5. The highest BCUT2D eigenvalue weighted by molar-refractivity contribution is 6.30. The van der Waals surface area contributed by atoms with Gasteiger partial charge < -0.3 is 4.90 Å². The molecule has 3 rings (SSSR count). The number of aromatic nitrogens is 2. The van der Waals surface area contributed by atoms with Gasteiger partial charge >= 0.3 is 0 Å². The van der Waals surface area contributed by atoms with E-state index in [9.17, 15) is 4.79 Å². The summed E-state index contributed by atoms with van der Waals surface area (Å²) < 4.78 is 0. The zero-order valence-corrected chi connectivity index (χ0v) is 13.5. The molecule has 1 aliphatic heterocycles. The van der Waals surface area contributed by atoms with Crippen LogP contribution in [0, 0.1) is 0 Å². The van der Waals surface area contributed by atoms with Crippen molar-refractivity contribution < 1.29 is 4.79 Å². The van der Waals surface area contributed by atoms with Crippen molar-refractivity contribution in [3.63, 3.8) is 0 Å². The Morgan fingerprint density at radius 1 is 1.45 bits per heavy atom. The van der Waals surface area contributed by atoms with E-state index >= 15 is 0 Å². The van der Waals surface area contributed by atoms with E-state index < -0.39 is 0 Å². The van der Waals surface area contributed by atoms with Gasteiger partial charge in [-0.1, -0.05) is 23.7 Å². The summed E-state index contributed by atoms with van der Waals surface area (Å²) in [5.74, 6) is 0.0903. The molecule has 6 heteroatoms. The number of rotatable bonds is 3. The van der Waals surface area contributed by atoms with E-state index in [-0.39, 0.29) is 11.9 Å². The molecular weight excluding hydrogens is 300 g/mol. The molecule has 0 spiro atoms. The molecule has 0 saturated heterocycles. The molecule has 0 bridgehead atoms. The number of carbonyl (C=O) groups is 1. The third-order valence-electron chi connectivity index (χ3n) is 4.03. The predicted octanol–water partition coefficient (Wildman–Crippen LogP) is 2.25. The quantitative estimate of drug-likeness (QED) is 0.944. The molecule has 1 amide bonds. The van der Waals surface area contributed by atoms with Gasteiger partial charge in [0.25, 0.3) is 0 Å². The molecule has 1 N–H and O–H groups in total. The van der Waals surface area contributed by atoms with Gasteiger partial charge in [0, 0.05) is 11.6 Å². The number of hydrogen-bond acceptors (Lipinski definition) is 3. The fraction of sp³-hybridized carbons (Fsp3) is 0.375. The molecule has 0 aliphatic carbocycles. The number of nitrogens with one attached hydrogen (secondary N) is 1. The molecule has 5 nitrogen and oxygen atoms in total. The second-order valence-electron chi connectivity index (χ2n) is 5.80. The number of likely N-dealkylation sites (N-methyl/N-ethyl adjacent to an activating group) is 1. The van der Waals surface area contributed by atoms with E-state index in [2.05, 4.69) is 10.2 Å². The number of hydrogen-bond donors (Lipinski definition) is 1.